The number of carbonyl (C=O) groups excluding carboxylic acids is 1. The maximum atomic E-state index is 12.1. The fraction of sp³-hybridized carbons (Fsp3) is 0.562. The molecule has 0 unspecified atom stereocenters. The van der Waals surface area contributed by atoms with Gasteiger partial charge in [-0.3, -0.25) is 4.79 Å². The van der Waals surface area contributed by atoms with Crippen molar-refractivity contribution in [3.05, 3.63) is 34.9 Å². The SMILES string of the molecule is COCCOCCCNC(=O)c1ccc2c(c1)CNCC2. The lowest BCUT2D eigenvalue weighted by Gasteiger charge is -2.17. The number of ether oxygens (including phenoxy) is 2. The molecule has 1 heterocycles. The summed E-state index contributed by atoms with van der Waals surface area (Å²) in [5, 5.41) is 6.25. The van der Waals surface area contributed by atoms with E-state index in [9.17, 15) is 4.79 Å². The van der Waals surface area contributed by atoms with Crippen molar-refractivity contribution in [3.8, 4) is 0 Å². The maximum absolute atomic E-state index is 12.1. The predicted octanol–water partition coefficient (Wildman–Crippen LogP) is 1.12. The summed E-state index contributed by atoms with van der Waals surface area (Å²) in [7, 11) is 1.65. The molecule has 2 N–H and O–H groups in total. The number of amides is 1. The van der Waals surface area contributed by atoms with Gasteiger partial charge in [-0.25, -0.2) is 0 Å². The summed E-state index contributed by atoms with van der Waals surface area (Å²) in [5.41, 5.74) is 3.31. The van der Waals surface area contributed by atoms with Crippen LogP contribution in [0.5, 0.6) is 0 Å². The molecule has 2 rings (SSSR count). The van der Waals surface area contributed by atoms with Gasteiger partial charge in [-0.2, -0.15) is 0 Å². The topological polar surface area (TPSA) is 59.6 Å². The molecule has 0 fully saturated rings. The Hall–Kier alpha value is -1.43. The Bertz CT molecular complexity index is 463. The second kappa shape index (κ2) is 8.77. The van der Waals surface area contributed by atoms with E-state index in [-0.39, 0.29) is 5.91 Å². The highest BCUT2D eigenvalue weighted by molar-refractivity contribution is 5.94. The molecular weight excluding hydrogens is 268 g/mol. The van der Waals surface area contributed by atoms with Crippen LogP contribution >= 0.6 is 0 Å². The molecule has 1 amide bonds. The zero-order valence-electron chi connectivity index (χ0n) is 12.6. The molecule has 0 aliphatic carbocycles. The Morgan fingerprint density at radius 1 is 1.29 bits per heavy atom. The summed E-state index contributed by atoms with van der Waals surface area (Å²) >= 11 is 0. The van der Waals surface area contributed by atoms with Crippen LogP contribution in [0.1, 0.15) is 27.9 Å². The van der Waals surface area contributed by atoms with Crippen LogP contribution < -0.4 is 10.6 Å². The van der Waals surface area contributed by atoms with E-state index in [0.717, 1.165) is 31.5 Å². The maximum Gasteiger partial charge on any atom is 0.251 e. The Labute approximate surface area is 126 Å². The van der Waals surface area contributed by atoms with Gasteiger partial charge in [0.2, 0.25) is 0 Å². The molecule has 1 aliphatic heterocycles. The van der Waals surface area contributed by atoms with Crippen molar-refractivity contribution in [2.24, 2.45) is 0 Å². The van der Waals surface area contributed by atoms with Crippen molar-refractivity contribution in [1.82, 2.24) is 10.6 Å². The minimum absolute atomic E-state index is 0.0136. The molecule has 0 spiro atoms. The van der Waals surface area contributed by atoms with Crippen LogP contribution in [0.3, 0.4) is 0 Å². The highest BCUT2D eigenvalue weighted by Gasteiger charge is 2.12. The lowest BCUT2D eigenvalue weighted by molar-refractivity contribution is 0.0688. The standard InChI is InChI=1S/C16H24N2O3/c1-20-9-10-21-8-2-6-18-16(19)14-4-3-13-5-7-17-12-15(13)11-14/h3-4,11,17H,2,5-10,12H2,1H3,(H,18,19). The van der Waals surface area contributed by atoms with Gasteiger partial charge in [-0.1, -0.05) is 6.07 Å². The first-order valence-corrected chi connectivity index (χ1v) is 7.48. The van der Waals surface area contributed by atoms with Gasteiger partial charge in [0, 0.05) is 32.4 Å². The van der Waals surface area contributed by atoms with Gasteiger partial charge in [0.15, 0.2) is 0 Å². The van der Waals surface area contributed by atoms with Crippen LogP contribution in [0.2, 0.25) is 0 Å². The van der Waals surface area contributed by atoms with Crippen LogP contribution in [0.25, 0.3) is 0 Å². The van der Waals surface area contributed by atoms with E-state index in [4.69, 9.17) is 9.47 Å². The largest absolute Gasteiger partial charge is 0.382 e. The lowest BCUT2D eigenvalue weighted by atomic mass is 9.98. The number of hydrogen-bond donors (Lipinski definition) is 2. The fourth-order valence-corrected chi connectivity index (χ4v) is 2.34. The minimum Gasteiger partial charge on any atom is -0.382 e. The van der Waals surface area contributed by atoms with Gasteiger partial charge in [-0.15, -0.1) is 0 Å². The first kappa shape index (κ1) is 15.9. The Kier molecular flexibility index (Phi) is 6.66. The fourth-order valence-electron chi connectivity index (χ4n) is 2.34. The number of hydrogen-bond acceptors (Lipinski definition) is 4. The Balaban J connectivity index is 1.71. The highest BCUT2D eigenvalue weighted by Crippen LogP contribution is 2.15. The summed E-state index contributed by atoms with van der Waals surface area (Å²) in [6.07, 6.45) is 1.85. The van der Waals surface area contributed by atoms with Gasteiger partial charge in [0.05, 0.1) is 13.2 Å². The second-order valence-electron chi connectivity index (χ2n) is 5.12. The van der Waals surface area contributed by atoms with Gasteiger partial charge in [0.1, 0.15) is 0 Å². The molecule has 116 valence electrons. The molecule has 1 aliphatic rings. The normalized spacial score (nSPS) is 13.8. The van der Waals surface area contributed by atoms with E-state index in [1.165, 1.54) is 11.1 Å². The molecule has 5 nitrogen and oxygen atoms in total. The molecule has 1 aromatic carbocycles. The molecule has 0 saturated carbocycles. The quantitative estimate of drug-likeness (QED) is 0.705. The van der Waals surface area contributed by atoms with E-state index in [1.54, 1.807) is 7.11 Å². The molecular formula is C16H24N2O3. The van der Waals surface area contributed by atoms with Crippen LogP contribution in [0, 0.1) is 0 Å². The predicted molar refractivity (Wildman–Crippen MR) is 81.5 cm³/mol. The molecule has 0 aromatic heterocycles. The molecule has 21 heavy (non-hydrogen) atoms. The van der Waals surface area contributed by atoms with Gasteiger partial charge < -0.3 is 20.1 Å². The summed E-state index contributed by atoms with van der Waals surface area (Å²) in [5.74, 6) is -0.0136. The van der Waals surface area contributed by atoms with Crippen molar-refractivity contribution in [2.45, 2.75) is 19.4 Å². The van der Waals surface area contributed by atoms with Crippen molar-refractivity contribution in [2.75, 3.05) is 40.0 Å². The Morgan fingerprint density at radius 3 is 3.05 bits per heavy atom. The molecule has 0 atom stereocenters. The van der Waals surface area contributed by atoms with Crippen LogP contribution in [-0.4, -0.2) is 45.9 Å². The smallest absolute Gasteiger partial charge is 0.251 e. The molecule has 1 aromatic rings. The number of fused-ring (bicyclic) bond motifs is 1. The van der Waals surface area contributed by atoms with Crippen molar-refractivity contribution >= 4 is 5.91 Å². The second-order valence-corrected chi connectivity index (χ2v) is 5.12. The molecule has 0 saturated heterocycles. The number of methoxy groups -OCH3 is 1. The average molecular weight is 292 g/mol. The molecule has 0 radical (unpaired) electrons. The summed E-state index contributed by atoms with van der Waals surface area (Å²) in [6.45, 7) is 4.34. The third-order valence-corrected chi connectivity index (χ3v) is 3.54. The minimum atomic E-state index is -0.0136. The molecule has 5 heteroatoms. The van der Waals surface area contributed by atoms with E-state index in [0.29, 0.717) is 26.4 Å². The number of benzene rings is 1. The Morgan fingerprint density at radius 2 is 2.19 bits per heavy atom. The van der Waals surface area contributed by atoms with Crippen LogP contribution in [0.15, 0.2) is 18.2 Å². The van der Waals surface area contributed by atoms with Crippen molar-refractivity contribution in [1.29, 1.82) is 0 Å². The van der Waals surface area contributed by atoms with Crippen molar-refractivity contribution in [3.63, 3.8) is 0 Å². The lowest BCUT2D eigenvalue weighted by Crippen LogP contribution is -2.27. The van der Waals surface area contributed by atoms with E-state index in [1.807, 2.05) is 12.1 Å². The summed E-state index contributed by atoms with van der Waals surface area (Å²) in [6, 6.07) is 5.97. The zero-order valence-corrected chi connectivity index (χ0v) is 12.6. The monoisotopic (exact) mass is 292 g/mol. The van der Waals surface area contributed by atoms with Crippen LogP contribution in [-0.2, 0) is 22.4 Å². The van der Waals surface area contributed by atoms with E-state index in [2.05, 4.69) is 16.7 Å². The van der Waals surface area contributed by atoms with Gasteiger partial charge in [0.25, 0.3) is 5.91 Å². The first-order valence-electron chi connectivity index (χ1n) is 7.48. The van der Waals surface area contributed by atoms with E-state index >= 15 is 0 Å². The number of rotatable bonds is 8. The summed E-state index contributed by atoms with van der Waals surface area (Å²) in [4.78, 5) is 12.1. The zero-order chi connectivity index (χ0) is 14.9. The number of carbonyl (C=O) groups is 1. The van der Waals surface area contributed by atoms with Gasteiger partial charge >= 0.3 is 0 Å². The van der Waals surface area contributed by atoms with Gasteiger partial charge in [-0.05, 0) is 42.6 Å². The van der Waals surface area contributed by atoms with E-state index < -0.39 is 0 Å². The van der Waals surface area contributed by atoms with Crippen LogP contribution in [0.4, 0.5) is 0 Å². The third kappa shape index (κ3) is 5.12. The van der Waals surface area contributed by atoms with Crippen molar-refractivity contribution < 1.29 is 14.3 Å². The third-order valence-electron chi connectivity index (χ3n) is 3.54. The number of nitrogens with one attached hydrogen (secondary N) is 2. The summed E-state index contributed by atoms with van der Waals surface area (Å²) < 4.78 is 10.2. The average Bonchev–Trinajstić information content (AvgIpc) is 2.53. The highest BCUT2D eigenvalue weighted by atomic mass is 16.5. The first-order chi connectivity index (χ1) is 10.3. The molecule has 0 bridgehead atoms.